The zero-order valence-electron chi connectivity index (χ0n) is 15.9. The standard InChI is InChI=1S/C21H30N2O/c1-20(2,3)17-11-16(12-18(19(17)24)21(4,5)6)14-23-13-15-7-9-22-10-8-15/h7-12,23-24H,13-14H2,1-6H3/p+1. The fraction of sp³-hybridized carbons (Fsp3) is 0.476. The molecule has 0 unspecified atom stereocenters. The Morgan fingerprint density at radius 3 is 1.75 bits per heavy atom. The van der Waals surface area contributed by atoms with Gasteiger partial charge in [0.05, 0.1) is 0 Å². The molecule has 2 aromatic rings. The van der Waals surface area contributed by atoms with E-state index in [2.05, 4.69) is 76.1 Å². The minimum atomic E-state index is -0.0782. The third-order valence-electron chi connectivity index (χ3n) is 4.30. The highest BCUT2D eigenvalue weighted by Crippen LogP contribution is 2.39. The average molecular weight is 327 g/mol. The summed E-state index contributed by atoms with van der Waals surface area (Å²) in [6, 6.07) is 8.42. The van der Waals surface area contributed by atoms with Gasteiger partial charge in [-0.1, -0.05) is 41.5 Å². The van der Waals surface area contributed by atoms with E-state index in [1.165, 1.54) is 11.1 Å². The van der Waals surface area contributed by atoms with Crippen LogP contribution in [0.15, 0.2) is 36.7 Å². The summed E-state index contributed by atoms with van der Waals surface area (Å²) in [5.74, 6) is 0.452. The highest BCUT2D eigenvalue weighted by Gasteiger charge is 2.26. The molecule has 0 bridgehead atoms. The molecule has 0 fully saturated rings. The Morgan fingerprint density at radius 2 is 1.29 bits per heavy atom. The molecule has 0 aliphatic heterocycles. The van der Waals surface area contributed by atoms with Crippen LogP contribution in [0.3, 0.4) is 0 Å². The summed E-state index contributed by atoms with van der Waals surface area (Å²) in [4.78, 5) is 4.06. The number of aromatic nitrogens is 1. The van der Waals surface area contributed by atoms with Gasteiger partial charge in [-0.05, 0) is 35.1 Å². The molecule has 2 rings (SSSR count). The van der Waals surface area contributed by atoms with Crippen molar-refractivity contribution in [2.75, 3.05) is 0 Å². The normalized spacial score (nSPS) is 12.4. The minimum Gasteiger partial charge on any atom is -0.507 e. The molecule has 0 atom stereocenters. The van der Waals surface area contributed by atoms with Gasteiger partial charge in [0, 0.05) is 34.6 Å². The van der Waals surface area contributed by atoms with Crippen LogP contribution in [-0.2, 0) is 23.9 Å². The Morgan fingerprint density at radius 1 is 0.833 bits per heavy atom. The molecule has 0 saturated carbocycles. The number of hydrogen-bond donors (Lipinski definition) is 2. The molecule has 0 aliphatic rings. The Hall–Kier alpha value is -1.87. The zero-order chi connectivity index (χ0) is 18.0. The molecule has 0 radical (unpaired) electrons. The summed E-state index contributed by atoms with van der Waals surface area (Å²) in [6.45, 7) is 14.7. The first-order valence-electron chi connectivity index (χ1n) is 8.66. The quantitative estimate of drug-likeness (QED) is 0.900. The van der Waals surface area contributed by atoms with Crippen LogP contribution in [0.25, 0.3) is 0 Å². The lowest BCUT2D eigenvalue weighted by Crippen LogP contribution is -2.80. The Kier molecular flexibility index (Phi) is 5.34. The number of phenolic OH excluding ortho intramolecular Hbond substituents is 1. The highest BCUT2D eigenvalue weighted by atomic mass is 16.3. The maximum absolute atomic E-state index is 10.8. The van der Waals surface area contributed by atoms with Crippen molar-refractivity contribution in [2.24, 2.45) is 0 Å². The van der Waals surface area contributed by atoms with Gasteiger partial charge in [-0.2, -0.15) is 0 Å². The van der Waals surface area contributed by atoms with Crippen molar-refractivity contribution in [3.63, 3.8) is 0 Å². The van der Waals surface area contributed by atoms with Crippen molar-refractivity contribution < 1.29 is 10.4 Å². The second-order valence-electron chi connectivity index (χ2n) is 8.59. The minimum absolute atomic E-state index is 0.0782. The summed E-state index contributed by atoms with van der Waals surface area (Å²) >= 11 is 0. The van der Waals surface area contributed by atoms with E-state index in [9.17, 15) is 5.11 Å². The predicted molar refractivity (Wildman–Crippen MR) is 99.1 cm³/mol. The third-order valence-corrected chi connectivity index (χ3v) is 4.30. The summed E-state index contributed by atoms with van der Waals surface area (Å²) in [7, 11) is 0. The molecule has 3 heteroatoms. The number of quaternary nitrogens is 1. The number of pyridine rings is 1. The van der Waals surface area contributed by atoms with E-state index in [0.717, 1.165) is 24.2 Å². The second kappa shape index (κ2) is 6.94. The van der Waals surface area contributed by atoms with Crippen LogP contribution in [0.1, 0.15) is 63.8 Å². The maximum atomic E-state index is 10.8. The summed E-state index contributed by atoms with van der Waals surface area (Å²) in [6.07, 6.45) is 3.66. The fourth-order valence-corrected chi connectivity index (χ4v) is 2.88. The van der Waals surface area contributed by atoms with Gasteiger partial charge in [0.1, 0.15) is 18.8 Å². The number of hydrogen-bond acceptors (Lipinski definition) is 2. The lowest BCUT2D eigenvalue weighted by atomic mass is 9.78. The Balaban J connectivity index is 2.26. The van der Waals surface area contributed by atoms with Crippen LogP contribution in [0.5, 0.6) is 5.75 Å². The van der Waals surface area contributed by atoms with Crippen molar-refractivity contribution in [3.8, 4) is 5.75 Å². The van der Waals surface area contributed by atoms with E-state index in [1.54, 1.807) is 0 Å². The van der Waals surface area contributed by atoms with Gasteiger partial charge >= 0.3 is 0 Å². The van der Waals surface area contributed by atoms with Gasteiger partial charge in [0.15, 0.2) is 0 Å². The molecule has 1 aromatic carbocycles. The zero-order valence-corrected chi connectivity index (χ0v) is 15.9. The lowest BCUT2D eigenvalue weighted by Gasteiger charge is -2.28. The first-order chi connectivity index (χ1) is 11.1. The van der Waals surface area contributed by atoms with E-state index in [1.807, 2.05) is 12.4 Å². The van der Waals surface area contributed by atoms with E-state index < -0.39 is 0 Å². The van der Waals surface area contributed by atoms with Crippen molar-refractivity contribution >= 4 is 0 Å². The smallest absolute Gasteiger partial charge is 0.123 e. The van der Waals surface area contributed by atoms with Crippen LogP contribution in [0.2, 0.25) is 0 Å². The Labute approximate surface area is 146 Å². The number of rotatable bonds is 4. The average Bonchev–Trinajstić information content (AvgIpc) is 2.47. The van der Waals surface area contributed by atoms with Crippen LogP contribution >= 0.6 is 0 Å². The highest BCUT2D eigenvalue weighted by molar-refractivity contribution is 5.49. The molecular weight excluding hydrogens is 296 g/mol. The molecule has 130 valence electrons. The van der Waals surface area contributed by atoms with Gasteiger partial charge < -0.3 is 10.4 Å². The topological polar surface area (TPSA) is 49.7 Å². The van der Waals surface area contributed by atoms with Gasteiger partial charge in [-0.25, -0.2) is 0 Å². The van der Waals surface area contributed by atoms with Crippen molar-refractivity contribution in [1.82, 2.24) is 4.98 Å². The van der Waals surface area contributed by atoms with Crippen LogP contribution < -0.4 is 5.32 Å². The number of aromatic hydroxyl groups is 1. The number of nitrogens with zero attached hydrogens (tertiary/aromatic N) is 1. The lowest BCUT2D eigenvalue weighted by molar-refractivity contribution is -0.686. The van der Waals surface area contributed by atoms with E-state index >= 15 is 0 Å². The fourth-order valence-electron chi connectivity index (χ4n) is 2.88. The summed E-state index contributed by atoms with van der Waals surface area (Å²) in [5, 5.41) is 13.1. The number of nitrogens with two attached hydrogens (primary N) is 1. The van der Waals surface area contributed by atoms with E-state index in [-0.39, 0.29) is 10.8 Å². The maximum Gasteiger partial charge on any atom is 0.123 e. The van der Waals surface area contributed by atoms with E-state index in [4.69, 9.17) is 0 Å². The van der Waals surface area contributed by atoms with E-state index in [0.29, 0.717) is 5.75 Å². The molecule has 3 N–H and O–H groups in total. The molecule has 0 saturated heterocycles. The molecule has 0 aliphatic carbocycles. The van der Waals surface area contributed by atoms with Crippen molar-refractivity contribution in [3.05, 3.63) is 58.9 Å². The SMILES string of the molecule is CC(C)(C)c1cc(C[NH2+]Cc2ccncc2)cc(C(C)(C)C)c1O. The largest absolute Gasteiger partial charge is 0.507 e. The van der Waals surface area contributed by atoms with Crippen molar-refractivity contribution in [2.45, 2.75) is 65.5 Å². The molecule has 1 aromatic heterocycles. The summed E-state index contributed by atoms with van der Waals surface area (Å²) in [5.41, 5.74) is 4.44. The Bertz CT molecular complexity index is 644. The summed E-state index contributed by atoms with van der Waals surface area (Å²) < 4.78 is 0. The first kappa shape index (κ1) is 18.5. The molecule has 1 heterocycles. The van der Waals surface area contributed by atoms with Crippen molar-refractivity contribution in [1.29, 1.82) is 0 Å². The molecule has 0 amide bonds. The molecule has 0 spiro atoms. The van der Waals surface area contributed by atoms with Gasteiger partial charge in [0.2, 0.25) is 0 Å². The van der Waals surface area contributed by atoms with Gasteiger partial charge in [0.25, 0.3) is 0 Å². The number of phenols is 1. The monoisotopic (exact) mass is 327 g/mol. The molecule has 3 nitrogen and oxygen atoms in total. The van der Waals surface area contributed by atoms with Crippen LogP contribution in [0, 0.1) is 0 Å². The van der Waals surface area contributed by atoms with Gasteiger partial charge in [-0.3, -0.25) is 4.98 Å². The second-order valence-corrected chi connectivity index (χ2v) is 8.59. The first-order valence-corrected chi connectivity index (χ1v) is 8.66. The van der Waals surface area contributed by atoms with Crippen LogP contribution in [0.4, 0.5) is 0 Å². The van der Waals surface area contributed by atoms with Gasteiger partial charge in [-0.15, -0.1) is 0 Å². The molecular formula is C21H31N2O+. The predicted octanol–water partition coefficient (Wildman–Crippen LogP) is 3.65. The third kappa shape index (κ3) is 4.57. The van der Waals surface area contributed by atoms with Crippen LogP contribution in [-0.4, -0.2) is 10.1 Å². The number of benzene rings is 1. The molecule has 24 heavy (non-hydrogen) atoms.